The highest BCUT2D eigenvalue weighted by atomic mass is 32.2. The van der Waals surface area contributed by atoms with E-state index in [-0.39, 0.29) is 5.97 Å². The zero-order valence-corrected chi connectivity index (χ0v) is 12.6. The van der Waals surface area contributed by atoms with Crippen molar-refractivity contribution in [2.45, 2.75) is 52.0 Å². The lowest BCUT2D eigenvalue weighted by Gasteiger charge is -2.34. The first-order valence-corrected chi connectivity index (χ1v) is 8.40. The fraction of sp³-hybridized carbons (Fsp3) is 0.929. The Kier molecular flexibility index (Phi) is 8.51. The molecule has 1 atom stereocenters. The van der Waals surface area contributed by atoms with Crippen LogP contribution in [0.2, 0.25) is 0 Å². The van der Waals surface area contributed by atoms with Crippen molar-refractivity contribution >= 4 is 17.7 Å². The van der Waals surface area contributed by atoms with E-state index in [2.05, 4.69) is 11.8 Å². The molecule has 0 aromatic carbocycles. The second-order valence-corrected chi connectivity index (χ2v) is 6.14. The maximum Gasteiger partial charge on any atom is 0.307 e. The van der Waals surface area contributed by atoms with Crippen molar-refractivity contribution in [1.29, 1.82) is 0 Å². The van der Waals surface area contributed by atoms with Gasteiger partial charge in [-0.2, -0.15) is 11.8 Å². The van der Waals surface area contributed by atoms with Crippen LogP contribution in [-0.2, 0) is 9.53 Å². The molecule has 1 aliphatic rings. The summed E-state index contributed by atoms with van der Waals surface area (Å²) < 4.78 is 5.10. The molecule has 4 heteroatoms. The van der Waals surface area contributed by atoms with Crippen LogP contribution >= 0.6 is 11.8 Å². The molecule has 1 unspecified atom stereocenters. The molecule has 1 fully saturated rings. The number of hydrogen-bond donors (Lipinski definition) is 0. The summed E-state index contributed by atoms with van der Waals surface area (Å²) in [6.07, 6.45) is 5.57. The molecule has 0 N–H and O–H groups in total. The van der Waals surface area contributed by atoms with Crippen LogP contribution in [0.25, 0.3) is 0 Å². The Labute approximate surface area is 116 Å². The predicted molar refractivity (Wildman–Crippen MR) is 78.1 cm³/mol. The minimum Gasteiger partial charge on any atom is -0.466 e. The summed E-state index contributed by atoms with van der Waals surface area (Å²) >= 11 is 1.96. The SMILES string of the molecule is CCOC(=O)CC(CCSCC)N1CCCCC1. The summed E-state index contributed by atoms with van der Waals surface area (Å²) in [5.74, 6) is 2.28. The summed E-state index contributed by atoms with van der Waals surface area (Å²) in [5, 5.41) is 0. The molecule has 1 aliphatic heterocycles. The Morgan fingerprint density at radius 1 is 1.28 bits per heavy atom. The van der Waals surface area contributed by atoms with Gasteiger partial charge in [-0.15, -0.1) is 0 Å². The predicted octanol–water partition coefficient (Wildman–Crippen LogP) is 2.94. The largest absolute Gasteiger partial charge is 0.466 e. The van der Waals surface area contributed by atoms with Crippen LogP contribution in [0.15, 0.2) is 0 Å². The number of carbonyl (C=O) groups is 1. The van der Waals surface area contributed by atoms with E-state index in [1.165, 1.54) is 19.3 Å². The van der Waals surface area contributed by atoms with Crippen molar-refractivity contribution < 1.29 is 9.53 Å². The van der Waals surface area contributed by atoms with Gasteiger partial charge in [-0.25, -0.2) is 0 Å². The first-order valence-electron chi connectivity index (χ1n) is 7.25. The van der Waals surface area contributed by atoms with Crippen molar-refractivity contribution in [3.63, 3.8) is 0 Å². The van der Waals surface area contributed by atoms with Gasteiger partial charge in [0.1, 0.15) is 0 Å². The minimum atomic E-state index is -0.0328. The molecule has 0 aromatic heterocycles. The van der Waals surface area contributed by atoms with Gasteiger partial charge in [0.05, 0.1) is 13.0 Å². The highest BCUT2D eigenvalue weighted by Gasteiger charge is 2.23. The smallest absolute Gasteiger partial charge is 0.307 e. The third kappa shape index (κ3) is 6.10. The quantitative estimate of drug-likeness (QED) is 0.502. The molecule has 0 aliphatic carbocycles. The molecule has 0 bridgehead atoms. The summed E-state index contributed by atoms with van der Waals surface area (Å²) in [6.45, 7) is 6.86. The average molecular weight is 273 g/mol. The summed E-state index contributed by atoms with van der Waals surface area (Å²) in [4.78, 5) is 14.2. The maximum atomic E-state index is 11.7. The molecule has 18 heavy (non-hydrogen) atoms. The van der Waals surface area contributed by atoms with E-state index in [1.807, 2.05) is 18.7 Å². The molecule has 106 valence electrons. The Morgan fingerprint density at radius 2 is 2.00 bits per heavy atom. The number of ether oxygens (including phenoxy) is 1. The zero-order valence-electron chi connectivity index (χ0n) is 11.8. The number of hydrogen-bond acceptors (Lipinski definition) is 4. The molecule has 1 rings (SSSR count). The molecule has 1 saturated heterocycles. The third-order valence-corrected chi connectivity index (χ3v) is 4.35. The fourth-order valence-electron chi connectivity index (χ4n) is 2.47. The van der Waals surface area contributed by atoms with Gasteiger partial charge in [0.15, 0.2) is 0 Å². The van der Waals surface area contributed by atoms with Gasteiger partial charge in [-0.3, -0.25) is 9.69 Å². The molecule has 0 spiro atoms. The number of likely N-dealkylation sites (tertiary alicyclic amines) is 1. The molecule has 0 saturated carbocycles. The normalized spacial score (nSPS) is 18.6. The lowest BCUT2D eigenvalue weighted by atomic mass is 10.0. The van der Waals surface area contributed by atoms with Gasteiger partial charge in [-0.05, 0) is 50.8 Å². The lowest BCUT2D eigenvalue weighted by Crippen LogP contribution is -2.41. The summed E-state index contributed by atoms with van der Waals surface area (Å²) in [5.41, 5.74) is 0. The number of piperidine rings is 1. The fourth-order valence-corrected chi connectivity index (χ4v) is 3.20. The second-order valence-electron chi connectivity index (χ2n) is 4.75. The van der Waals surface area contributed by atoms with E-state index in [9.17, 15) is 4.79 Å². The lowest BCUT2D eigenvalue weighted by molar-refractivity contribution is -0.144. The van der Waals surface area contributed by atoms with Gasteiger partial charge in [0.25, 0.3) is 0 Å². The number of nitrogens with zero attached hydrogens (tertiary/aromatic N) is 1. The number of esters is 1. The average Bonchev–Trinajstić information content (AvgIpc) is 2.39. The van der Waals surface area contributed by atoms with Crippen LogP contribution in [0.1, 0.15) is 46.0 Å². The summed E-state index contributed by atoms with van der Waals surface area (Å²) in [7, 11) is 0. The first kappa shape index (κ1) is 15.8. The van der Waals surface area contributed by atoms with E-state index in [0.717, 1.165) is 31.0 Å². The van der Waals surface area contributed by atoms with Crippen molar-refractivity contribution in [2.24, 2.45) is 0 Å². The van der Waals surface area contributed by atoms with Crippen LogP contribution in [0.4, 0.5) is 0 Å². The van der Waals surface area contributed by atoms with Crippen LogP contribution in [-0.4, -0.2) is 48.1 Å². The van der Waals surface area contributed by atoms with E-state index in [4.69, 9.17) is 4.74 Å². The van der Waals surface area contributed by atoms with Crippen molar-refractivity contribution in [3.05, 3.63) is 0 Å². The van der Waals surface area contributed by atoms with Crippen LogP contribution < -0.4 is 0 Å². The standard InChI is InChI=1S/C14H27NO2S/c1-3-17-14(16)12-13(8-11-18-4-2)15-9-6-5-7-10-15/h13H,3-12H2,1-2H3. The van der Waals surface area contributed by atoms with Crippen molar-refractivity contribution in [3.8, 4) is 0 Å². The number of thioether (sulfide) groups is 1. The monoisotopic (exact) mass is 273 g/mol. The van der Waals surface area contributed by atoms with E-state index < -0.39 is 0 Å². The Bertz CT molecular complexity index is 230. The Hall–Kier alpha value is -0.220. The van der Waals surface area contributed by atoms with Gasteiger partial charge >= 0.3 is 5.97 Å². The van der Waals surface area contributed by atoms with Gasteiger partial charge < -0.3 is 4.74 Å². The summed E-state index contributed by atoms with van der Waals surface area (Å²) in [6, 6.07) is 0.392. The first-order chi connectivity index (χ1) is 8.77. The Morgan fingerprint density at radius 3 is 2.61 bits per heavy atom. The zero-order chi connectivity index (χ0) is 13.2. The van der Waals surface area contributed by atoms with Crippen LogP contribution in [0.3, 0.4) is 0 Å². The number of rotatable bonds is 8. The highest BCUT2D eigenvalue weighted by molar-refractivity contribution is 7.99. The molecule has 3 nitrogen and oxygen atoms in total. The van der Waals surface area contributed by atoms with Crippen molar-refractivity contribution in [2.75, 3.05) is 31.2 Å². The molecule has 0 amide bonds. The van der Waals surface area contributed by atoms with E-state index >= 15 is 0 Å². The second kappa shape index (κ2) is 9.68. The molecular weight excluding hydrogens is 246 g/mol. The third-order valence-electron chi connectivity index (χ3n) is 3.41. The number of carbonyl (C=O) groups excluding carboxylic acids is 1. The Balaban J connectivity index is 2.41. The minimum absolute atomic E-state index is 0.0328. The van der Waals surface area contributed by atoms with Crippen molar-refractivity contribution in [1.82, 2.24) is 4.90 Å². The van der Waals surface area contributed by atoms with E-state index in [0.29, 0.717) is 19.1 Å². The maximum absolute atomic E-state index is 11.7. The van der Waals surface area contributed by atoms with Gasteiger partial charge in [-0.1, -0.05) is 13.3 Å². The van der Waals surface area contributed by atoms with Gasteiger partial charge in [0, 0.05) is 6.04 Å². The molecule has 0 aromatic rings. The molecular formula is C14H27NO2S. The van der Waals surface area contributed by atoms with Gasteiger partial charge in [0.2, 0.25) is 0 Å². The van der Waals surface area contributed by atoms with Crippen LogP contribution in [0, 0.1) is 0 Å². The molecule has 0 radical (unpaired) electrons. The topological polar surface area (TPSA) is 29.5 Å². The van der Waals surface area contributed by atoms with E-state index in [1.54, 1.807) is 0 Å². The van der Waals surface area contributed by atoms with Crippen LogP contribution in [0.5, 0.6) is 0 Å². The highest BCUT2D eigenvalue weighted by Crippen LogP contribution is 2.19. The molecule has 1 heterocycles.